The summed E-state index contributed by atoms with van der Waals surface area (Å²) in [4.78, 5) is 2.46. The number of likely N-dealkylation sites (tertiary alicyclic amines) is 1. The van der Waals surface area contributed by atoms with E-state index >= 15 is 0 Å². The van der Waals surface area contributed by atoms with E-state index in [1.54, 1.807) is 0 Å². The van der Waals surface area contributed by atoms with Gasteiger partial charge in [0.05, 0.1) is 6.10 Å². The molecule has 1 aliphatic heterocycles. The van der Waals surface area contributed by atoms with Crippen molar-refractivity contribution in [3.05, 3.63) is 35.4 Å². The van der Waals surface area contributed by atoms with Crippen LogP contribution < -0.4 is 0 Å². The average molecular weight is 261 g/mol. The summed E-state index contributed by atoms with van der Waals surface area (Å²) < 4.78 is 0. The van der Waals surface area contributed by atoms with E-state index in [2.05, 4.69) is 49.9 Å². The molecule has 0 aliphatic carbocycles. The third-order valence-electron chi connectivity index (χ3n) is 4.53. The van der Waals surface area contributed by atoms with Crippen LogP contribution in [0.25, 0.3) is 0 Å². The van der Waals surface area contributed by atoms with Gasteiger partial charge >= 0.3 is 0 Å². The van der Waals surface area contributed by atoms with Crippen LogP contribution in [0.15, 0.2) is 24.3 Å². The Balaban J connectivity index is 2.00. The van der Waals surface area contributed by atoms with Crippen molar-refractivity contribution in [3.8, 4) is 0 Å². The third-order valence-corrected chi connectivity index (χ3v) is 4.53. The predicted octanol–water partition coefficient (Wildman–Crippen LogP) is 3.55. The van der Waals surface area contributed by atoms with Crippen molar-refractivity contribution < 1.29 is 5.11 Å². The van der Waals surface area contributed by atoms with E-state index in [0.717, 1.165) is 18.5 Å². The lowest BCUT2D eigenvalue weighted by Crippen LogP contribution is -2.45. The molecule has 1 aromatic carbocycles. The summed E-state index contributed by atoms with van der Waals surface area (Å²) in [7, 11) is 0. The zero-order valence-corrected chi connectivity index (χ0v) is 12.5. The largest absolute Gasteiger partial charge is 0.387 e. The van der Waals surface area contributed by atoms with E-state index in [-0.39, 0.29) is 6.10 Å². The first-order chi connectivity index (χ1) is 9.11. The maximum absolute atomic E-state index is 10.4. The molecule has 0 radical (unpaired) electrons. The molecule has 1 aliphatic rings. The van der Waals surface area contributed by atoms with Gasteiger partial charge in [-0.3, -0.25) is 4.90 Å². The van der Waals surface area contributed by atoms with Crippen LogP contribution in [0.4, 0.5) is 0 Å². The van der Waals surface area contributed by atoms with Crippen LogP contribution in [0.1, 0.15) is 57.3 Å². The molecule has 19 heavy (non-hydrogen) atoms. The van der Waals surface area contributed by atoms with Crippen molar-refractivity contribution in [1.29, 1.82) is 0 Å². The lowest BCUT2D eigenvalue weighted by atomic mass is 9.96. The standard InChI is InChI=1S/C17H27NO/c1-4-15-8-10-16(11-9-15)17(19)12-18-13(2)6-5-7-14(18)3/h8-11,13-14,17,19H,4-7,12H2,1-3H3/t13-,14+,17?. The smallest absolute Gasteiger partial charge is 0.0917 e. The number of hydrogen-bond donors (Lipinski definition) is 1. The lowest BCUT2D eigenvalue weighted by Gasteiger charge is -2.40. The molecule has 1 saturated heterocycles. The third kappa shape index (κ3) is 3.58. The Kier molecular flexibility index (Phi) is 5.00. The highest BCUT2D eigenvalue weighted by molar-refractivity contribution is 5.24. The first kappa shape index (κ1) is 14.5. The highest BCUT2D eigenvalue weighted by atomic mass is 16.3. The van der Waals surface area contributed by atoms with Gasteiger partial charge in [-0.2, -0.15) is 0 Å². The molecule has 3 atom stereocenters. The molecule has 2 heteroatoms. The van der Waals surface area contributed by atoms with Crippen molar-refractivity contribution in [3.63, 3.8) is 0 Å². The van der Waals surface area contributed by atoms with Crippen LogP contribution in [0.3, 0.4) is 0 Å². The summed E-state index contributed by atoms with van der Waals surface area (Å²) in [5.74, 6) is 0. The van der Waals surface area contributed by atoms with Crippen LogP contribution >= 0.6 is 0 Å². The summed E-state index contributed by atoms with van der Waals surface area (Å²) in [6.45, 7) is 7.47. The van der Waals surface area contributed by atoms with Gasteiger partial charge < -0.3 is 5.11 Å². The van der Waals surface area contributed by atoms with Crippen molar-refractivity contribution in [2.75, 3.05) is 6.54 Å². The highest BCUT2D eigenvalue weighted by Gasteiger charge is 2.26. The molecule has 1 fully saturated rings. The topological polar surface area (TPSA) is 23.5 Å². The van der Waals surface area contributed by atoms with Gasteiger partial charge in [0.25, 0.3) is 0 Å². The maximum Gasteiger partial charge on any atom is 0.0917 e. The minimum Gasteiger partial charge on any atom is -0.387 e. The minimum atomic E-state index is -0.367. The second-order valence-corrected chi connectivity index (χ2v) is 5.94. The molecule has 1 aromatic rings. The number of β-amino-alcohol motifs (C(OH)–C–C–N with tert-alkyl or cyclic N) is 1. The first-order valence-corrected chi connectivity index (χ1v) is 7.64. The van der Waals surface area contributed by atoms with Crippen molar-refractivity contribution in [2.45, 2.75) is 64.6 Å². The fourth-order valence-electron chi connectivity index (χ4n) is 3.12. The van der Waals surface area contributed by atoms with Gasteiger partial charge in [0.15, 0.2) is 0 Å². The molecule has 2 nitrogen and oxygen atoms in total. The summed E-state index contributed by atoms with van der Waals surface area (Å²) in [6.07, 6.45) is 4.52. The fraction of sp³-hybridized carbons (Fsp3) is 0.647. The van der Waals surface area contributed by atoms with Gasteiger partial charge in [-0.15, -0.1) is 0 Å². The molecular weight excluding hydrogens is 234 g/mol. The number of aryl methyl sites for hydroxylation is 1. The number of rotatable bonds is 4. The second-order valence-electron chi connectivity index (χ2n) is 5.94. The fourth-order valence-corrected chi connectivity index (χ4v) is 3.12. The number of piperidine rings is 1. The van der Waals surface area contributed by atoms with Gasteiger partial charge in [-0.25, -0.2) is 0 Å². The minimum absolute atomic E-state index is 0.367. The van der Waals surface area contributed by atoms with E-state index in [0.29, 0.717) is 12.1 Å². The highest BCUT2D eigenvalue weighted by Crippen LogP contribution is 2.25. The van der Waals surface area contributed by atoms with Crippen LogP contribution in [0.5, 0.6) is 0 Å². The molecular formula is C17H27NO. The van der Waals surface area contributed by atoms with E-state index in [9.17, 15) is 5.11 Å². The molecule has 2 rings (SSSR count). The quantitative estimate of drug-likeness (QED) is 0.896. The lowest BCUT2D eigenvalue weighted by molar-refractivity contribution is 0.0412. The zero-order chi connectivity index (χ0) is 13.8. The van der Waals surface area contributed by atoms with Crippen LogP contribution in [-0.4, -0.2) is 28.6 Å². The zero-order valence-electron chi connectivity index (χ0n) is 12.5. The predicted molar refractivity (Wildman–Crippen MR) is 80.3 cm³/mol. The van der Waals surface area contributed by atoms with Gasteiger partial charge in [-0.1, -0.05) is 37.6 Å². The molecule has 0 bridgehead atoms. The molecule has 1 heterocycles. The molecule has 0 aromatic heterocycles. The molecule has 106 valence electrons. The van der Waals surface area contributed by atoms with E-state index in [1.807, 2.05) is 0 Å². The van der Waals surface area contributed by atoms with Gasteiger partial charge in [0.2, 0.25) is 0 Å². The second kappa shape index (κ2) is 6.53. The van der Waals surface area contributed by atoms with Gasteiger partial charge in [0.1, 0.15) is 0 Å². The van der Waals surface area contributed by atoms with Crippen molar-refractivity contribution in [1.82, 2.24) is 4.90 Å². The molecule has 0 amide bonds. The van der Waals surface area contributed by atoms with E-state index < -0.39 is 0 Å². The number of nitrogens with zero attached hydrogens (tertiary/aromatic N) is 1. The van der Waals surface area contributed by atoms with Gasteiger partial charge in [-0.05, 0) is 44.2 Å². The Morgan fingerprint density at radius 3 is 2.26 bits per heavy atom. The van der Waals surface area contributed by atoms with Crippen molar-refractivity contribution >= 4 is 0 Å². The number of hydrogen-bond acceptors (Lipinski definition) is 2. The van der Waals surface area contributed by atoms with Gasteiger partial charge in [0, 0.05) is 18.6 Å². The SMILES string of the molecule is CCc1ccc(C(O)CN2[C@H](C)CCC[C@@H]2C)cc1. The Bertz CT molecular complexity index is 377. The van der Waals surface area contributed by atoms with E-state index in [1.165, 1.54) is 24.8 Å². The summed E-state index contributed by atoms with van der Waals surface area (Å²) in [5, 5.41) is 10.4. The Hall–Kier alpha value is -0.860. The monoisotopic (exact) mass is 261 g/mol. The normalized spacial score (nSPS) is 26.3. The Labute approximate surface area is 117 Å². The summed E-state index contributed by atoms with van der Waals surface area (Å²) in [6, 6.07) is 9.58. The number of aliphatic hydroxyl groups is 1. The number of aliphatic hydroxyl groups excluding tert-OH is 1. The molecule has 0 spiro atoms. The Morgan fingerprint density at radius 2 is 1.74 bits per heavy atom. The molecule has 0 saturated carbocycles. The average Bonchev–Trinajstić information content (AvgIpc) is 2.43. The van der Waals surface area contributed by atoms with Crippen LogP contribution in [0.2, 0.25) is 0 Å². The Morgan fingerprint density at radius 1 is 1.16 bits per heavy atom. The molecule has 1 N–H and O–H groups in total. The maximum atomic E-state index is 10.4. The number of benzene rings is 1. The van der Waals surface area contributed by atoms with Crippen LogP contribution in [-0.2, 0) is 6.42 Å². The van der Waals surface area contributed by atoms with Crippen molar-refractivity contribution in [2.24, 2.45) is 0 Å². The summed E-state index contributed by atoms with van der Waals surface area (Å²) in [5.41, 5.74) is 2.37. The van der Waals surface area contributed by atoms with E-state index in [4.69, 9.17) is 0 Å². The summed E-state index contributed by atoms with van der Waals surface area (Å²) >= 11 is 0. The molecule has 1 unspecified atom stereocenters. The van der Waals surface area contributed by atoms with Crippen LogP contribution in [0, 0.1) is 0 Å². The first-order valence-electron chi connectivity index (χ1n) is 7.64.